The van der Waals surface area contributed by atoms with Crippen LogP contribution in [0.3, 0.4) is 0 Å². The molecule has 1 unspecified atom stereocenters. The van der Waals surface area contributed by atoms with Crippen LogP contribution in [-0.4, -0.2) is 47.8 Å². The molecule has 0 bridgehead atoms. The van der Waals surface area contributed by atoms with Gasteiger partial charge in [0.15, 0.2) is 0 Å². The van der Waals surface area contributed by atoms with Crippen molar-refractivity contribution >= 4 is 28.4 Å². The van der Waals surface area contributed by atoms with Crippen LogP contribution in [0.25, 0.3) is 10.9 Å². The van der Waals surface area contributed by atoms with E-state index in [9.17, 15) is 18.0 Å². The lowest BCUT2D eigenvalue weighted by molar-refractivity contribution is -0.138. The van der Waals surface area contributed by atoms with Gasteiger partial charge in [0.25, 0.3) is 0 Å². The Balaban J connectivity index is 1.13. The van der Waals surface area contributed by atoms with E-state index in [0.717, 1.165) is 29.6 Å². The molecule has 3 aromatic rings. The predicted molar refractivity (Wildman–Crippen MR) is 135 cm³/mol. The highest BCUT2D eigenvalue weighted by atomic mass is 19.4. The SMILES string of the molecule is O=C(Nc1ccc2nc(NC3CCc4ccccc43)ccc2c1)NC1CCN(CCC(F)(F)F)CC1. The van der Waals surface area contributed by atoms with Crippen LogP contribution in [0.5, 0.6) is 0 Å². The fourth-order valence-corrected chi connectivity index (χ4v) is 5.11. The number of hydrogen-bond donors (Lipinski definition) is 3. The van der Waals surface area contributed by atoms with E-state index in [1.54, 1.807) is 4.90 Å². The number of nitrogens with one attached hydrogen (secondary N) is 3. The van der Waals surface area contributed by atoms with E-state index in [1.807, 2.05) is 30.3 Å². The summed E-state index contributed by atoms with van der Waals surface area (Å²) in [6.45, 7) is 1.11. The molecule has 5 rings (SSSR count). The third kappa shape index (κ3) is 6.07. The van der Waals surface area contributed by atoms with Gasteiger partial charge in [0, 0.05) is 36.7 Å². The number of fused-ring (bicyclic) bond motifs is 2. The summed E-state index contributed by atoms with van der Waals surface area (Å²) < 4.78 is 37.2. The number of amides is 2. The monoisotopic (exact) mass is 497 g/mol. The van der Waals surface area contributed by atoms with Crippen molar-refractivity contribution in [2.24, 2.45) is 0 Å². The molecule has 3 N–H and O–H groups in total. The Morgan fingerprint density at radius 3 is 2.64 bits per heavy atom. The number of anilines is 2. The first kappa shape index (κ1) is 24.4. The quantitative estimate of drug-likeness (QED) is 0.398. The molecular weight excluding hydrogens is 467 g/mol. The average molecular weight is 498 g/mol. The van der Waals surface area contributed by atoms with Gasteiger partial charge in [-0.25, -0.2) is 9.78 Å². The standard InChI is InChI=1S/C27H30F3N5O/c28-27(29,30)13-16-35-14-11-20(12-15-35)31-26(36)32-21-7-9-23-19(17-21)6-10-25(33-23)34-24-8-5-18-3-1-2-4-22(18)24/h1-4,6-7,9-10,17,20,24H,5,8,11-16H2,(H,33,34)(H2,31,32,36). The van der Waals surface area contributed by atoms with E-state index >= 15 is 0 Å². The second-order valence-electron chi connectivity index (χ2n) is 9.62. The van der Waals surface area contributed by atoms with Crippen molar-refractivity contribution < 1.29 is 18.0 Å². The van der Waals surface area contributed by atoms with E-state index in [4.69, 9.17) is 4.98 Å². The first-order chi connectivity index (χ1) is 17.3. The van der Waals surface area contributed by atoms with Crippen LogP contribution >= 0.6 is 0 Å². The summed E-state index contributed by atoms with van der Waals surface area (Å²) in [4.78, 5) is 19.0. The van der Waals surface area contributed by atoms with Gasteiger partial charge < -0.3 is 20.9 Å². The van der Waals surface area contributed by atoms with Crippen LogP contribution in [0.4, 0.5) is 29.5 Å². The second-order valence-corrected chi connectivity index (χ2v) is 9.62. The Morgan fingerprint density at radius 1 is 1.03 bits per heavy atom. The van der Waals surface area contributed by atoms with Crippen LogP contribution in [0.2, 0.25) is 0 Å². The number of hydrogen-bond acceptors (Lipinski definition) is 4. The highest BCUT2D eigenvalue weighted by Gasteiger charge is 2.29. The maximum atomic E-state index is 12.5. The molecule has 2 aromatic carbocycles. The lowest BCUT2D eigenvalue weighted by Crippen LogP contribution is -2.46. The molecule has 2 heterocycles. The number of alkyl halides is 3. The molecule has 0 spiro atoms. The molecule has 6 nitrogen and oxygen atoms in total. The van der Waals surface area contributed by atoms with E-state index in [2.05, 4.69) is 40.2 Å². The topological polar surface area (TPSA) is 69.3 Å². The lowest BCUT2D eigenvalue weighted by atomic mass is 10.1. The van der Waals surface area contributed by atoms with Crippen LogP contribution in [-0.2, 0) is 6.42 Å². The molecule has 9 heteroatoms. The zero-order chi connectivity index (χ0) is 25.1. The Labute approximate surface area is 208 Å². The molecule has 1 aliphatic carbocycles. The van der Waals surface area contributed by atoms with E-state index in [0.29, 0.717) is 31.6 Å². The molecule has 36 heavy (non-hydrogen) atoms. The molecule has 1 aliphatic heterocycles. The normalized spacial score (nSPS) is 18.7. The summed E-state index contributed by atoms with van der Waals surface area (Å²) in [5.41, 5.74) is 4.21. The molecular formula is C27H30F3N5O. The molecule has 2 amide bonds. The first-order valence-corrected chi connectivity index (χ1v) is 12.4. The number of piperidine rings is 1. The van der Waals surface area contributed by atoms with Gasteiger partial charge in [0.05, 0.1) is 18.0 Å². The average Bonchev–Trinajstić information content (AvgIpc) is 3.26. The number of benzene rings is 2. The number of aryl methyl sites for hydroxylation is 1. The van der Waals surface area contributed by atoms with E-state index in [1.165, 1.54) is 11.1 Å². The van der Waals surface area contributed by atoms with Crippen molar-refractivity contribution in [1.82, 2.24) is 15.2 Å². The van der Waals surface area contributed by atoms with E-state index in [-0.39, 0.29) is 24.7 Å². The molecule has 190 valence electrons. The van der Waals surface area contributed by atoms with Gasteiger partial charge in [0.2, 0.25) is 0 Å². The minimum atomic E-state index is -4.13. The maximum Gasteiger partial charge on any atom is 0.390 e. The number of carbonyl (C=O) groups is 1. The number of pyridine rings is 1. The fraction of sp³-hybridized carbons (Fsp3) is 0.407. The molecule has 0 saturated carbocycles. The van der Waals surface area contributed by atoms with Crippen LogP contribution in [0.15, 0.2) is 54.6 Å². The zero-order valence-corrected chi connectivity index (χ0v) is 19.9. The zero-order valence-electron chi connectivity index (χ0n) is 19.9. The van der Waals surface area contributed by atoms with Gasteiger partial charge in [0.1, 0.15) is 5.82 Å². The number of urea groups is 1. The van der Waals surface area contributed by atoms with Crippen molar-refractivity contribution in [2.45, 2.75) is 50.4 Å². The molecule has 1 fully saturated rings. The summed E-state index contributed by atoms with van der Waals surface area (Å²) in [5, 5.41) is 10.3. The minimum Gasteiger partial charge on any atom is -0.363 e. The smallest absolute Gasteiger partial charge is 0.363 e. The maximum absolute atomic E-state index is 12.5. The van der Waals surface area contributed by atoms with Crippen molar-refractivity contribution in [3.05, 3.63) is 65.7 Å². The Morgan fingerprint density at radius 2 is 1.83 bits per heavy atom. The van der Waals surface area contributed by atoms with Gasteiger partial charge >= 0.3 is 12.2 Å². The molecule has 0 radical (unpaired) electrons. The predicted octanol–water partition coefficient (Wildman–Crippen LogP) is 5.87. The minimum absolute atomic E-state index is 0.0126. The lowest BCUT2D eigenvalue weighted by Gasteiger charge is -2.32. The number of nitrogens with zero attached hydrogens (tertiary/aromatic N) is 2. The van der Waals surface area contributed by atoms with Crippen molar-refractivity contribution in [2.75, 3.05) is 30.3 Å². The van der Waals surface area contributed by atoms with Crippen LogP contribution in [0, 0.1) is 0 Å². The molecule has 2 aliphatic rings. The van der Waals surface area contributed by atoms with Gasteiger partial charge in [-0.15, -0.1) is 0 Å². The van der Waals surface area contributed by atoms with Crippen molar-refractivity contribution in [1.29, 1.82) is 0 Å². The Bertz CT molecular complexity index is 1220. The fourth-order valence-electron chi connectivity index (χ4n) is 5.11. The largest absolute Gasteiger partial charge is 0.390 e. The van der Waals surface area contributed by atoms with Crippen LogP contribution in [0.1, 0.15) is 42.9 Å². The Hall–Kier alpha value is -3.33. The number of carbonyl (C=O) groups excluding carboxylic acids is 1. The third-order valence-electron chi connectivity index (χ3n) is 7.04. The van der Waals surface area contributed by atoms with Crippen molar-refractivity contribution in [3.8, 4) is 0 Å². The molecule has 1 atom stereocenters. The van der Waals surface area contributed by atoms with Gasteiger partial charge in [-0.1, -0.05) is 24.3 Å². The summed E-state index contributed by atoms with van der Waals surface area (Å²) in [6, 6.07) is 17.9. The second kappa shape index (κ2) is 10.3. The first-order valence-electron chi connectivity index (χ1n) is 12.4. The summed E-state index contributed by atoms with van der Waals surface area (Å²) in [5.74, 6) is 0.823. The highest BCUT2D eigenvalue weighted by molar-refractivity contribution is 5.93. The highest BCUT2D eigenvalue weighted by Crippen LogP contribution is 2.33. The molecule has 1 aromatic heterocycles. The van der Waals surface area contributed by atoms with Crippen LogP contribution < -0.4 is 16.0 Å². The summed E-state index contributed by atoms with van der Waals surface area (Å²) in [7, 11) is 0. The number of aromatic nitrogens is 1. The summed E-state index contributed by atoms with van der Waals surface area (Å²) in [6.07, 6.45) is -1.55. The molecule has 1 saturated heterocycles. The third-order valence-corrected chi connectivity index (χ3v) is 7.04. The Kier molecular flexibility index (Phi) is 7.00. The van der Waals surface area contributed by atoms with Crippen molar-refractivity contribution in [3.63, 3.8) is 0 Å². The van der Waals surface area contributed by atoms with Gasteiger partial charge in [-0.2, -0.15) is 13.2 Å². The summed E-state index contributed by atoms with van der Waals surface area (Å²) >= 11 is 0. The van der Waals surface area contributed by atoms with Gasteiger partial charge in [-0.05, 0) is 67.1 Å². The van der Waals surface area contributed by atoms with E-state index < -0.39 is 12.6 Å². The number of likely N-dealkylation sites (tertiary alicyclic amines) is 1. The van der Waals surface area contributed by atoms with Gasteiger partial charge in [-0.3, -0.25) is 0 Å². The number of halogens is 3. The number of rotatable bonds is 6.